The lowest BCUT2D eigenvalue weighted by atomic mass is 10.1. The Morgan fingerprint density at radius 1 is 1.56 bits per heavy atom. The molecular weight excluding hydrogens is 235 g/mol. The van der Waals surface area contributed by atoms with E-state index in [1.807, 2.05) is 0 Å². The summed E-state index contributed by atoms with van der Waals surface area (Å²) < 4.78 is 19.1. The van der Waals surface area contributed by atoms with Crippen molar-refractivity contribution in [1.29, 1.82) is 0 Å². The second-order valence-electron chi connectivity index (χ2n) is 4.60. The minimum Gasteiger partial charge on any atom is -0.399 e. The zero-order chi connectivity index (χ0) is 13.3. The van der Waals surface area contributed by atoms with Gasteiger partial charge in [-0.3, -0.25) is 4.79 Å². The highest BCUT2D eigenvalue weighted by Gasteiger charge is 2.28. The van der Waals surface area contributed by atoms with Crippen LogP contribution in [0.25, 0.3) is 0 Å². The van der Waals surface area contributed by atoms with Crippen LogP contribution in [0.2, 0.25) is 0 Å². The van der Waals surface area contributed by atoms with E-state index in [-0.39, 0.29) is 17.6 Å². The number of carbonyl (C=O) groups excluding carboxylic acids is 1. The van der Waals surface area contributed by atoms with Crippen LogP contribution in [-0.2, 0) is 4.74 Å². The summed E-state index contributed by atoms with van der Waals surface area (Å²) in [5.41, 5.74) is 6.49. The number of rotatable bonds is 2. The first-order valence-electron chi connectivity index (χ1n) is 5.90. The van der Waals surface area contributed by atoms with Crippen LogP contribution < -0.4 is 5.73 Å². The summed E-state index contributed by atoms with van der Waals surface area (Å²) in [4.78, 5) is 13.8. The van der Waals surface area contributed by atoms with Gasteiger partial charge in [0.2, 0.25) is 0 Å². The summed E-state index contributed by atoms with van der Waals surface area (Å²) in [6.07, 6.45) is 0.824. The average molecular weight is 252 g/mol. The monoisotopic (exact) mass is 252 g/mol. The van der Waals surface area contributed by atoms with Gasteiger partial charge in [-0.15, -0.1) is 0 Å². The summed E-state index contributed by atoms with van der Waals surface area (Å²) in [7, 11) is 1.61. The number of methoxy groups -OCH3 is 1. The number of nitrogens with two attached hydrogens (primary N) is 1. The lowest BCUT2D eigenvalue weighted by molar-refractivity contribution is 0.0720. The van der Waals surface area contributed by atoms with Crippen molar-refractivity contribution in [2.24, 2.45) is 0 Å². The van der Waals surface area contributed by atoms with E-state index in [2.05, 4.69) is 0 Å². The Bertz CT molecular complexity index is 476. The van der Waals surface area contributed by atoms with Crippen molar-refractivity contribution in [2.45, 2.75) is 19.4 Å². The second-order valence-corrected chi connectivity index (χ2v) is 4.60. The number of nitrogen functional groups attached to an aromatic ring is 1. The molecule has 18 heavy (non-hydrogen) atoms. The van der Waals surface area contributed by atoms with Crippen LogP contribution in [0.3, 0.4) is 0 Å². The van der Waals surface area contributed by atoms with Crippen LogP contribution >= 0.6 is 0 Å². The van der Waals surface area contributed by atoms with Gasteiger partial charge in [0, 0.05) is 25.9 Å². The first-order chi connectivity index (χ1) is 8.52. The lowest BCUT2D eigenvalue weighted by Gasteiger charge is -2.17. The fraction of sp³-hybridized carbons (Fsp3) is 0.462. The van der Waals surface area contributed by atoms with Crippen molar-refractivity contribution in [3.05, 3.63) is 29.1 Å². The normalized spacial score (nSPS) is 19.3. The summed E-state index contributed by atoms with van der Waals surface area (Å²) in [5.74, 6) is -0.808. The number of benzene rings is 1. The number of amides is 1. The van der Waals surface area contributed by atoms with Crippen molar-refractivity contribution in [2.75, 3.05) is 25.9 Å². The van der Waals surface area contributed by atoms with E-state index in [9.17, 15) is 9.18 Å². The van der Waals surface area contributed by atoms with Crippen molar-refractivity contribution >= 4 is 11.6 Å². The fourth-order valence-electron chi connectivity index (χ4n) is 2.23. The van der Waals surface area contributed by atoms with Gasteiger partial charge in [-0.1, -0.05) is 0 Å². The van der Waals surface area contributed by atoms with E-state index in [1.54, 1.807) is 18.9 Å². The predicted octanol–water partition coefficient (Wildman–Crippen LogP) is 1.58. The summed E-state index contributed by atoms with van der Waals surface area (Å²) in [6, 6.07) is 2.92. The van der Waals surface area contributed by atoms with Gasteiger partial charge in [-0.2, -0.15) is 0 Å². The molecule has 1 amide bonds. The number of hydrogen-bond donors (Lipinski definition) is 1. The molecule has 1 fully saturated rings. The highest BCUT2D eigenvalue weighted by atomic mass is 19.1. The minimum absolute atomic E-state index is 0.0409. The number of nitrogens with zero attached hydrogens (tertiary/aromatic N) is 1. The number of carbonyl (C=O) groups is 1. The van der Waals surface area contributed by atoms with Gasteiger partial charge in [0.25, 0.3) is 5.91 Å². The largest absolute Gasteiger partial charge is 0.399 e. The van der Waals surface area contributed by atoms with Crippen LogP contribution in [0.5, 0.6) is 0 Å². The Kier molecular flexibility index (Phi) is 3.52. The molecule has 2 rings (SSSR count). The van der Waals surface area contributed by atoms with E-state index in [0.717, 1.165) is 6.42 Å². The summed E-state index contributed by atoms with van der Waals surface area (Å²) in [5, 5.41) is 0. The predicted molar refractivity (Wildman–Crippen MR) is 66.9 cm³/mol. The van der Waals surface area contributed by atoms with Crippen molar-refractivity contribution in [1.82, 2.24) is 4.90 Å². The SMILES string of the molecule is COC1CCN(C(=O)c2cc(N)cc(C)c2F)C1. The van der Waals surface area contributed by atoms with Gasteiger partial charge in [0.1, 0.15) is 5.82 Å². The number of hydrogen-bond acceptors (Lipinski definition) is 3. The zero-order valence-corrected chi connectivity index (χ0v) is 10.6. The van der Waals surface area contributed by atoms with Gasteiger partial charge in [-0.05, 0) is 31.0 Å². The molecule has 1 aromatic rings. The maximum absolute atomic E-state index is 13.9. The molecule has 0 aliphatic carbocycles. The molecule has 1 heterocycles. The third-order valence-corrected chi connectivity index (χ3v) is 3.27. The molecule has 2 N–H and O–H groups in total. The molecule has 1 aromatic carbocycles. The third kappa shape index (κ3) is 2.31. The quantitative estimate of drug-likeness (QED) is 0.813. The Balaban J connectivity index is 2.24. The van der Waals surface area contributed by atoms with E-state index in [1.165, 1.54) is 12.1 Å². The molecule has 98 valence electrons. The highest BCUT2D eigenvalue weighted by Crippen LogP contribution is 2.21. The molecule has 0 saturated carbocycles. The highest BCUT2D eigenvalue weighted by molar-refractivity contribution is 5.95. The van der Waals surface area contributed by atoms with E-state index < -0.39 is 5.82 Å². The minimum atomic E-state index is -0.491. The topological polar surface area (TPSA) is 55.6 Å². The van der Waals surface area contributed by atoms with E-state index in [0.29, 0.717) is 24.3 Å². The molecule has 5 heteroatoms. The lowest BCUT2D eigenvalue weighted by Crippen LogP contribution is -2.30. The smallest absolute Gasteiger partial charge is 0.257 e. The first kappa shape index (κ1) is 12.8. The number of ether oxygens (including phenoxy) is 1. The second kappa shape index (κ2) is 4.94. The number of aryl methyl sites for hydroxylation is 1. The van der Waals surface area contributed by atoms with Gasteiger partial charge in [0.05, 0.1) is 11.7 Å². The van der Waals surface area contributed by atoms with Crippen LogP contribution in [0, 0.1) is 12.7 Å². The molecule has 1 unspecified atom stereocenters. The molecular formula is C13H17FN2O2. The average Bonchev–Trinajstić information content (AvgIpc) is 2.81. The number of likely N-dealkylation sites (tertiary alicyclic amines) is 1. The molecule has 1 aliphatic rings. The van der Waals surface area contributed by atoms with Crippen molar-refractivity contribution < 1.29 is 13.9 Å². The Labute approximate surface area is 106 Å². The van der Waals surface area contributed by atoms with Gasteiger partial charge in [0.15, 0.2) is 0 Å². The zero-order valence-electron chi connectivity index (χ0n) is 10.6. The Morgan fingerprint density at radius 2 is 2.28 bits per heavy atom. The van der Waals surface area contributed by atoms with Gasteiger partial charge < -0.3 is 15.4 Å². The number of anilines is 1. The molecule has 0 aromatic heterocycles. The third-order valence-electron chi connectivity index (χ3n) is 3.27. The van der Waals surface area contributed by atoms with Crippen LogP contribution in [0.1, 0.15) is 22.3 Å². The van der Waals surface area contributed by atoms with Gasteiger partial charge >= 0.3 is 0 Å². The molecule has 1 atom stereocenters. The molecule has 4 nitrogen and oxygen atoms in total. The van der Waals surface area contributed by atoms with Crippen LogP contribution in [0.4, 0.5) is 10.1 Å². The summed E-state index contributed by atoms with van der Waals surface area (Å²) in [6.45, 7) is 2.69. The number of halogens is 1. The molecule has 0 bridgehead atoms. The first-order valence-corrected chi connectivity index (χ1v) is 5.90. The van der Waals surface area contributed by atoms with Crippen LogP contribution in [-0.4, -0.2) is 37.1 Å². The molecule has 1 aliphatic heterocycles. The van der Waals surface area contributed by atoms with Crippen molar-refractivity contribution in [3.63, 3.8) is 0 Å². The maximum atomic E-state index is 13.9. The van der Waals surface area contributed by atoms with Crippen LogP contribution in [0.15, 0.2) is 12.1 Å². The molecule has 0 radical (unpaired) electrons. The fourth-order valence-corrected chi connectivity index (χ4v) is 2.23. The Morgan fingerprint density at radius 3 is 2.89 bits per heavy atom. The van der Waals surface area contributed by atoms with Crippen molar-refractivity contribution in [3.8, 4) is 0 Å². The Hall–Kier alpha value is -1.62. The van der Waals surface area contributed by atoms with E-state index in [4.69, 9.17) is 10.5 Å². The molecule has 1 saturated heterocycles. The van der Waals surface area contributed by atoms with E-state index >= 15 is 0 Å². The summed E-state index contributed by atoms with van der Waals surface area (Å²) >= 11 is 0. The van der Waals surface area contributed by atoms with Gasteiger partial charge in [-0.25, -0.2) is 4.39 Å². The molecule has 0 spiro atoms. The maximum Gasteiger partial charge on any atom is 0.257 e. The standard InChI is InChI=1S/C13H17FN2O2/c1-8-5-9(15)6-11(12(8)14)13(17)16-4-3-10(7-16)18-2/h5-6,10H,3-4,7,15H2,1-2H3.